The van der Waals surface area contributed by atoms with Gasteiger partial charge in [-0.3, -0.25) is 14.4 Å². The van der Waals surface area contributed by atoms with Crippen molar-refractivity contribution in [1.82, 2.24) is 0 Å². The second-order valence-electron chi connectivity index (χ2n) is 14.0. The van der Waals surface area contributed by atoms with Crippen molar-refractivity contribution in [2.45, 2.75) is 99.9 Å². The lowest BCUT2D eigenvalue weighted by Crippen LogP contribution is -2.82. The minimum atomic E-state index is -2.25. The summed E-state index contributed by atoms with van der Waals surface area (Å²) >= 11 is 17.3. The Morgan fingerprint density at radius 3 is 2.18 bits per heavy atom. The van der Waals surface area contributed by atoms with Crippen LogP contribution in [0.4, 0.5) is 4.79 Å². The molecule has 9 atom stereocenters. The minimum absolute atomic E-state index is 0.0606. The summed E-state index contributed by atoms with van der Waals surface area (Å²) < 4.78 is 32.7. The highest BCUT2D eigenvalue weighted by Gasteiger charge is 2.79. The number of hydrogen-bond donors (Lipinski definition) is 2. The molecule has 13 nitrogen and oxygen atoms in total. The van der Waals surface area contributed by atoms with Crippen LogP contribution in [0.25, 0.3) is 0 Å². The van der Waals surface area contributed by atoms with E-state index >= 15 is 4.79 Å². The van der Waals surface area contributed by atoms with Gasteiger partial charge in [-0.25, -0.2) is 9.59 Å². The molecule has 0 spiro atoms. The van der Waals surface area contributed by atoms with Crippen molar-refractivity contribution in [2.24, 2.45) is 16.7 Å². The Kier molecular flexibility index (Phi) is 10.1. The fourth-order valence-electron chi connectivity index (χ4n) is 8.35. The van der Waals surface area contributed by atoms with Crippen molar-refractivity contribution in [3.05, 3.63) is 47.0 Å². The molecule has 5 rings (SSSR count). The maximum absolute atomic E-state index is 15.4. The Balaban J connectivity index is 1.82. The standard InChI is InChI=1S/C34H39Cl3O13/c1-16-20(40)13-33(44)27(49-28(42)19-10-8-7-9-11-19)25-31(6,26(41)24(47-17(2)38)23(16)30(33,4)5)21(48-29(43)46-15-34(35,36)37)12-22-32(25,14-45-22)50-18(3)39/h7-11,20-22,24-25,27,40,44H,12-15H2,1-6H3. The number of carbonyl (C=O) groups is 5. The van der Waals surface area contributed by atoms with Crippen LogP contribution in [0.5, 0.6) is 0 Å². The van der Waals surface area contributed by atoms with Gasteiger partial charge in [-0.05, 0) is 37.1 Å². The van der Waals surface area contributed by atoms with Gasteiger partial charge in [-0.2, -0.15) is 0 Å². The first-order valence-corrected chi connectivity index (χ1v) is 17.0. The SMILES string of the molecule is CC(=O)OC1C(=O)C2(C)C(OC(=O)OCC(Cl)(Cl)Cl)CC3OCC3(OC(C)=O)C2C(OC(=O)c2ccccc2)C2(O)CC(O)C(C)=C1C2(C)C. The van der Waals surface area contributed by atoms with E-state index < -0.39 is 105 Å². The lowest BCUT2D eigenvalue weighted by atomic mass is 9.44. The first-order valence-electron chi connectivity index (χ1n) is 15.9. The van der Waals surface area contributed by atoms with Crippen LogP contribution in [-0.4, -0.2) is 98.8 Å². The molecule has 0 aromatic heterocycles. The maximum Gasteiger partial charge on any atom is 0.508 e. The summed E-state index contributed by atoms with van der Waals surface area (Å²) in [5, 5.41) is 24.6. The van der Waals surface area contributed by atoms with Crippen molar-refractivity contribution in [3.63, 3.8) is 0 Å². The number of Topliss-reactive ketones (excluding diaryl/α,β-unsaturated/α-hetero) is 1. The van der Waals surface area contributed by atoms with Crippen LogP contribution in [-0.2, 0) is 42.8 Å². The van der Waals surface area contributed by atoms with Crippen LogP contribution in [0.3, 0.4) is 0 Å². The summed E-state index contributed by atoms with van der Waals surface area (Å²) in [4.78, 5) is 68.0. The van der Waals surface area contributed by atoms with E-state index in [1.807, 2.05) is 0 Å². The van der Waals surface area contributed by atoms with E-state index in [9.17, 15) is 29.4 Å². The minimum Gasteiger partial charge on any atom is -0.455 e. The van der Waals surface area contributed by atoms with Gasteiger partial charge in [0.2, 0.25) is 3.79 Å². The zero-order valence-corrected chi connectivity index (χ0v) is 30.5. The van der Waals surface area contributed by atoms with Crippen LogP contribution in [0.2, 0.25) is 0 Å². The topological polar surface area (TPSA) is 181 Å². The lowest BCUT2D eigenvalue weighted by Gasteiger charge is -2.67. The summed E-state index contributed by atoms with van der Waals surface area (Å²) in [5.41, 5.74) is -7.26. The quantitative estimate of drug-likeness (QED) is 0.183. The monoisotopic (exact) mass is 760 g/mol. The number of alkyl halides is 3. The van der Waals surface area contributed by atoms with Gasteiger partial charge in [-0.15, -0.1) is 0 Å². The van der Waals surface area contributed by atoms with Gasteiger partial charge in [0.1, 0.15) is 30.5 Å². The Morgan fingerprint density at radius 2 is 1.64 bits per heavy atom. The molecule has 2 bridgehead atoms. The number of aliphatic hydroxyl groups is 2. The Bertz CT molecular complexity index is 1610. The lowest BCUT2D eigenvalue weighted by molar-refractivity contribution is -0.346. The Morgan fingerprint density at radius 1 is 1.00 bits per heavy atom. The van der Waals surface area contributed by atoms with Crippen molar-refractivity contribution >= 4 is 64.6 Å². The number of rotatable bonds is 6. The number of halogens is 3. The zero-order valence-electron chi connectivity index (χ0n) is 28.2. The van der Waals surface area contributed by atoms with Crippen LogP contribution < -0.4 is 0 Å². The van der Waals surface area contributed by atoms with Gasteiger partial charge >= 0.3 is 24.1 Å². The molecule has 3 fully saturated rings. The number of carbonyl (C=O) groups excluding carboxylic acids is 5. The summed E-state index contributed by atoms with van der Waals surface area (Å²) in [5.74, 6) is -4.97. The van der Waals surface area contributed by atoms with Crippen LogP contribution >= 0.6 is 34.8 Å². The molecule has 1 aromatic rings. The molecule has 274 valence electrons. The molecule has 16 heteroatoms. The van der Waals surface area contributed by atoms with Crippen LogP contribution in [0.15, 0.2) is 41.5 Å². The predicted octanol–water partition coefficient (Wildman–Crippen LogP) is 4.18. The van der Waals surface area contributed by atoms with Gasteiger partial charge < -0.3 is 38.6 Å². The molecule has 50 heavy (non-hydrogen) atoms. The molecular formula is C34H39Cl3O13. The Hall–Kier alpha value is -2.94. The molecule has 3 aliphatic carbocycles. The zero-order chi connectivity index (χ0) is 37.2. The number of ketones is 1. The van der Waals surface area contributed by atoms with Crippen LogP contribution in [0.1, 0.15) is 64.7 Å². The number of esters is 3. The van der Waals surface area contributed by atoms with Crippen molar-refractivity contribution in [1.29, 1.82) is 0 Å². The highest BCUT2D eigenvalue weighted by molar-refractivity contribution is 6.67. The first-order chi connectivity index (χ1) is 23.1. The molecule has 2 N–H and O–H groups in total. The second-order valence-corrected chi connectivity index (χ2v) is 16.5. The average molecular weight is 762 g/mol. The summed E-state index contributed by atoms with van der Waals surface area (Å²) in [7, 11) is 0. The molecule has 9 unspecified atom stereocenters. The summed E-state index contributed by atoms with van der Waals surface area (Å²) in [6, 6.07) is 7.85. The fourth-order valence-corrected chi connectivity index (χ4v) is 8.51. The third-order valence-electron chi connectivity index (χ3n) is 10.8. The first kappa shape index (κ1) is 38.3. The third-order valence-corrected chi connectivity index (χ3v) is 11.1. The van der Waals surface area contributed by atoms with Crippen molar-refractivity contribution < 1.29 is 62.6 Å². The molecule has 0 amide bonds. The van der Waals surface area contributed by atoms with E-state index in [1.54, 1.807) is 32.0 Å². The predicted molar refractivity (Wildman–Crippen MR) is 175 cm³/mol. The molecule has 4 aliphatic rings. The smallest absolute Gasteiger partial charge is 0.455 e. The van der Waals surface area contributed by atoms with Gasteiger partial charge in [0.05, 0.1) is 29.6 Å². The van der Waals surface area contributed by atoms with E-state index in [-0.39, 0.29) is 29.7 Å². The highest BCUT2D eigenvalue weighted by Crippen LogP contribution is 2.64. The molecule has 2 saturated carbocycles. The van der Waals surface area contributed by atoms with E-state index in [4.69, 9.17) is 63.2 Å². The fraction of sp³-hybridized carbons (Fsp3) is 0.618. The Labute approximate surface area is 303 Å². The van der Waals surface area contributed by atoms with Gasteiger partial charge in [0, 0.05) is 32.1 Å². The molecule has 0 radical (unpaired) electrons. The number of aliphatic hydroxyl groups excluding tert-OH is 1. The van der Waals surface area contributed by atoms with E-state index in [0.717, 1.165) is 13.8 Å². The molecule has 1 aromatic carbocycles. The van der Waals surface area contributed by atoms with E-state index in [0.29, 0.717) is 0 Å². The second kappa shape index (κ2) is 13.2. The highest BCUT2D eigenvalue weighted by atomic mass is 35.6. The van der Waals surface area contributed by atoms with Gasteiger partial charge in [0.25, 0.3) is 0 Å². The molecule has 1 saturated heterocycles. The number of fused-ring (bicyclic) bond motifs is 5. The van der Waals surface area contributed by atoms with Crippen molar-refractivity contribution in [2.75, 3.05) is 13.2 Å². The van der Waals surface area contributed by atoms with Crippen LogP contribution in [0, 0.1) is 16.7 Å². The van der Waals surface area contributed by atoms with E-state index in [2.05, 4.69) is 0 Å². The third kappa shape index (κ3) is 6.28. The largest absolute Gasteiger partial charge is 0.508 e. The van der Waals surface area contributed by atoms with Gasteiger partial charge in [0.15, 0.2) is 17.5 Å². The summed E-state index contributed by atoms with van der Waals surface area (Å²) in [6.45, 7) is 7.27. The average Bonchev–Trinajstić information content (AvgIpc) is 3.01. The molecule has 1 heterocycles. The number of ether oxygens (including phenoxy) is 6. The summed E-state index contributed by atoms with van der Waals surface area (Å²) in [6.07, 6.45) is -9.52. The number of benzene rings is 1. The van der Waals surface area contributed by atoms with Gasteiger partial charge in [-0.1, -0.05) is 66.8 Å². The maximum atomic E-state index is 15.4. The normalized spacial score (nSPS) is 35.9. The van der Waals surface area contributed by atoms with Crippen molar-refractivity contribution in [3.8, 4) is 0 Å². The molecule has 1 aliphatic heterocycles. The number of hydrogen-bond acceptors (Lipinski definition) is 13. The molecular weight excluding hydrogens is 723 g/mol. The van der Waals surface area contributed by atoms with E-state index in [1.165, 1.54) is 26.0 Å².